The third-order valence-corrected chi connectivity index (χ3v) is 16.3. The second kappa shape index (κ2) is 7.24. The second-order valence-corrected chi connectivity index (χ2v) is 17.5. The summed E-state index contributed by atoms with van der Waals surface area (Å²) >= 11 is 0. The number of hydrogen-bond acceptors (Lipinski definition) is 2. The molecule has 3 nitrogen and oxygen atoms in total. The van der Waals surface area contributed by atoms with E-state index >= 15 is 0 Å². The highest BCUT2D eigenvalue weighted by Gasteiger charge is 2.39. The Morgan fingerprint density at radius 2 is 1.38 bits per heavy atom. The van der Waals surface area contributed by atoms with Crippen LogP contribution in [0.5, 0.6) is 0 Å². The van der Waals surface area contributed by atoms with Crippen LogP contribution in [-0.2, 0) is 6.17 Å². The number of aromatic nitrogens is 3. The van der Waals surface area contributed by atoms with Crippen molar-refractivity contribution in [1.29, 1.82) is 0 Å². The van der Waals surface area contributed by atoms with E-state index in [4.69, 9.17) is 0 Å². The van der Waals surface area contributed by atoms with Gasteiger partial charge in [0.2, 0.25) is 0 Å². The molecule has 0 saturated carbocycles. The third kappa shape index (κ3) is 4.16. The third-order valence-electron chi connectivity index (χ3n) is 4.98. The van der Waals surface area contributed by atoms with Crippen LogP contribution in [0, 0.1) is 11.6 Å². The van der Waals surface area contributed by atoms with Crippen LogP contribution in [0.1, 0.15) is 0 Å². The van der Waals surface area contributed by atoms with E-state index < -0.39 is 16.1 Å². The minimum absolute atomic E-state index is 0.209. The molecule has 0 amide bonds. The minimum atomic E-state index is -2.02. The van der Waals surface area contributed by atoms with E-state index in [1.54, 1.807) is 12.7 Å². The smallest absolute Gasteiger partial charge is 0.137 e. The second-order valence-electron chi connectivity index (χ2n) is 7.73. The normalized spacial score (nSPS) is 14.2. The standard InChI is InChI=1S/C19H23F2N3Si2/c1-25(2,18-8-4-16(20)5-9-18)15-26(3,14-24-13-22-12-23-24)19-10-6-17(21)7-11-19/h4-13H,14-15H2,1-3H3. The summed E-state index contributed by atoms with van der Waals surface area (Å²) in [5, 5.41) is 6.73. The van der Waals surface area contributed by atoms with Gasteiger partial charge in [-0.25, -0.2) is 13.8 Å². The summed E-state index contributed by atoms with van der Waals surface area (Å²) in [6.45, 7) is 6.95. The number of nitrogens with zero attached hydrogens (tertiary/aromatic N) is 3. The van der Waals surface area contributed by atoms with E-state index in [9.17, 15) is 8.78 Å². The Bertz CT molecular complexity index is 850. The number of halogens is 2. The molecular formula is C19H23F2N3Si2. The van der Waals surface area contributed by atoms with Gasteiger partial charge in [-0.05, 0) is 24.3 Å². The molecule has 3 aromatic rings. The van der Waals surface area contributed by atoms with Crippen LogP contribution in [0.3, 0.4) is 0 Å². The van der Waals surface area contributed by atoms with Crippen LogP contribution >= 0.6 is 0 Å². The maximum atomic E-state index is 13.5. The molecule has 0 aliphatic rings. The molecule has 0 aliphatic heterocycles. The summed E-state index contributed by atoms with van der Waals surface area (Å²) < 4.78 is 28.7. The molecule has 0 bridgehead atoms. The van der Waals surface area contributed by atoms with Crippen molar-refractivity contribution in [1.82, 2.24) is 14.8 Å². The lowest BCUT2D eigenvalue weighted by molar-refractivity contribution is 0.628. The molecule has 2 aromatic carbocycles. The fraction of sp³-hybridized carbons (Fsp3) is 0.263. The monoisotopic (exact) mass is 387 g/mol. The van der Waals surface area contributed by atoms with Crippen LogP contribution in [-0.4, -0.2) is 30.9 Å². The average molecular weight is 388 g/mol. The van der Waals surface area contributed by atoms with Crippen molar-refractivity contribution in [3.8, 4) is 0 Å². The lowest BCUT2D eigenvalue weighted by Gasteiger charge is -2.35. The van der Waals surface area contributed by atoms with Crippen LogP contribution in [0.25, 0.3) is 0 Å². The SMILES string of the molecule is C[Si](C)(C[Si](C)(Cn1cncn1)c1ccc(F)cc1)c1ccc(F)cc1. The maximum Gasteiger partial charge on any atom is 0.137 e. The van der Waals surface area contributed by atoms with Crippen LogP contribution in [0.15, 0.2) is 61.2 Å². The van der Waals surface area contributed by atoms with Gasteiger partial charge in [-0.1, -0.05) is 59.9 Å². The predicted octanol–water partition coefficient (Wildman–Crippen LogP) is 3.24. The highest BCUT2D eigenvalue weighted by atomic mass is 28.4. The van der Waals surface area contributed by atoms with E-state index in [1.165, 1.54) is 34.6 Å². The summed E-state index contributed by atoms with van der Waals surface area (Å²) in [5.41, 5.74) is 1.05. The first-order chi connectivity index (χ1) is 12.3. The number of rotatable bonds is 6. The van der Waals surface area contributed by atoms with Gasteiger partial charge in [0, 0.05) is 6.17 Å². The molecular weight excluding hydrogens is 364 g/mol. The van der Waals surface area contributed by atoms with Gasteiger partial charge >= 0.3 is 0 Å². The average Bonchev–Trinajstić information content (AvgIpc) is 3.08. The summed E-state index contributed by atoms with van der Waals surface area (Å²) in [6.07, 6.45) is 4.07. The Morgan fingerprint density at radius 1 is 0.846 bits per heavy atom. The van der Waals surface area contributed by atoms with Gasteiger partial charge < -0.3 is 0 Å². The summed E-state index contributed by atoms with van der Waals surface area (Å²) in [7, 11) is -3.85. The van der Waals surface area contributed by atoms with Crippen molar-refractivity contribution in [2.24, 2.45) is 0 Å². The molecule has 26 heavy (non-hydrogen) atoms. The highest BCUT2D eigenvalue weighted by molar-refractivity contribution is 7.06. The molecule has 1 aromatic heterocycles. The van der Waals surface area contributed by atoms with Gasteiger partial charge in [-0.2, -0.15) is 5.10 Å². The molecule has 3 rings (SSSR count). The summed E-state index contributed by atoms with van der Waals surface area (Å²) in [6, 6.07) is 13.8. The van der Waals surface area contributed by atoms with E-state index in [0.717, 1.165) is 11.8 Å². The minimum Gasteiger partial charge on any atom is -0.256 e. The van der Waals surface area contributed by atoms with Gasteiger partial charge in [0.15, 0.2) is 0 Å². The maximum absolute atomic E-state index is 13.5. The molecule has 7 heteroatoms. The van der Waals surface area contributed by atoms with E-state index in [2.05, 4.69) is 29.7 Å². The van der Waals surface area contributed by atoms with Crippen molar-refractivity contribution >= 4 is 26.5 Å². The Morgan fingerprint density at radius 3 is 1.88 bits per heavy atom. The number of benzene rings is 2. The zero-order valence-electron chi connectivity index (χ0n) is 15.3. The topological polar surface area (TPSA) is 30.7 Å². The Labute approximate surface area is 154 Å². The molecule has 0 aliphatic carbocycles. The fourth-order valence-electron chi connectivity index (χ4n) is 3.75. The number of hydrogen-bond donors (Lipinski definition) is 0. The molecule has 1 heterocycles. The first-order valence-corrected chi connectivity index (χ1v) is 14.8. The molecule has 1 unspecified atom stereocenters. The van der Waals surface area contributed by atoms with Crippen molar-refractivity contribution < 1.29 is 8.78 Å². The quantitative estimate of drug-likeness (QED) is 0.608. The summed E-state index contributed by atoms with van der Waals surface area (Å²) in [5.74, 6) is -0.430. The Hall–Kier alpha value is -2.13. The van der Waals surface area contributed by atoms with Gasteiger partial charge in [-0.3, -0.25) is 4.68 Å². The Balaban J connectivity index is 1.97. The molecule has 0 fully saturated rings. The van der Waals surface area contributed by atoms with Crippen LogP contribution < -0.4 is 10.4 Å². The van der Waals surface area contributed by atoms with Crippen molar-refractivity contribution in [3.63, 3.8) is 0 Å². The van der Waals surface area contributed by atoms with Crippen molar-refractivity contribution in [3.05, 3.63) is 72.8 Å². The zero-order chi connectivity index (χ0) is 18.8. The molecule has 136 valence electrons. The molecule has 0 N–H and O–H groups in total. The van der Waals surface area contributed by atoms with Gasteiger partial charge in [-0.15, -0.1) is 0 Å². The largest absolute Gasteiger partial charge is 0.256 e. The van der Waals surface area contributed by atoms with Crippen molar-refractivity contribution in [2.75, 3.05) is 0 Å². The van der Waals surface area contributed by atoms with Crippen LogP contribution in [0.2, 0.25) is 25.3 Å². The summed E-state index contributed by atoms with van der Waals surface area (Å²) in [4.78, 5) is 4.06. The van der Waals surface area contributed by atoms with Crippen LogP contribution in [0.4, 0.5) is 8.78 Å². The highest BCUT2D eigenvalue weighted by Crippen LogP contribution is 2.22. The Kier molecular flexibility index (Phi) is 5.20. The van der Waals surface area contributed by atoms with E-state index in [0.29, 0.717) is 0 Å². The van der Waals surface area contributed by atoms with Gasteiger partial charge in [0.25, 0.3) is 0 Å². The van der Waals surface area contributed by atoms with E-state index in [1.807, 2.05) is 28.9 Å². The van der Waals surface area contributed by atoms with Gasteiger partial charge in [0.05, 0.1) is 8.07 Å². The van der Waals surface area contributed by atoms with Gasteiger partial charge in [0.1, 0.15) is 32.4 Å². The first-order valence-electron chi connectivity index (χ1n) is 8.63. The molecule has 0 radical (unpaired) electrons. The molecule has 1 atom stereocenters. The predicted molar refractivity (Wildman–Crippen MR) is 106 cm³/mol. The van der Waals surface area contributed by atoms with Crippen molar-refractivity contribution in [2.45, 2.75) is 31.5 Å². The first kappa shape index (κ1) is 18.7. The lowest BCUT2D eigenvalue weighted by atomic mass is 10.3. The van der Waals surface area contributed by atoms with E-state index in [-0.39, 0.29) is 11.6 Å². The zero-order valence-corrected chi connectivity index (χ0v) is 17.3. The molecule has 0 saturated heterocycles. The lowest BCUT2D eigenvalue weighted by Crippen LogP contribution is -2.58. The molecule has 0 spiro atoms. The fourth-order valence-corrected chi connectivity index (χ4v) is 16.7.